The van der Waals surface area contributed by atoms with Gasteiger partial charge in [0.1, 0.15) is 0 Å². The van der Waals surface area contributed by atoms with Gasteiger partial charge in [-0.15, -0.1) is 0 Å². The molecular weight excluding hydrogens is 392 g/mol. The Morgan fingerprint density at radius 2 is 1.81 bits per heavy atom. The van der Waals surface area contributed by atoms with E-state index in [9.17, 15) is 10.2 Å². The molecule has 4 rings (SSSR count). The van der Waals surface area contributed by atoms with Crippen LogP contribution in [0.3, 0.4) is 0 Å². The molecule has 0 spiro atoms. The molecule has 0 aliphatic heterocycles. The molecule has 0 aromatic carbocycles. The third kappa shape index (κ3) is 3.41. The van der Waals surface area contributed by atoms with Gasteiger partial charge >= 0.3 is 0 Å². The van der Waals surface area contributed by atoms with Gasteiger partial charge in [-0.25, -0.2) is 0 Å². The molecule has 3 fully saturated rings. The van der Waals surface area contributed by atoms with Crippen LogP contribution in [0.2, 0.25) is 0 Å². The van der Waals surface area contributed by atoms with Gasteiger partial charge in [-0.2, -0.15) is 0 Å². The van der Waals surface area contributed by atoms with Gasteiger partial charge in [0, 0.05) is 0 Å². The van der Waals surface area contributed by atoms with Crippen LogP contribution >= 0.6 is 0 Å². The molecule has 0 unspecified atom stereocenters. The minimum atomic E-state index is -0.153. The standard InChI is InChI=1S/C30H50O2/c1-20(19-31)9-8-10-21(2)22-13-17-30(7)24-11-12-25-27(3,4)26(32)15-16-28(25,5)23(24)14-18-29(22,30)6/h9,11,21-23,25-26,31-32H,8,10,12-19H2,1-7H3/b20-9-/t21-,22+,23-,25-,26-,28+,29-,30+/m0/s1. The van der Waals surface area contributed by atoms with Gasteiger partial charge in [0.05, 0.1) is 12.7 Å². The van der Waals surface area contributed by atoms with Crippen molar-refractivity contribution in [1.82, 2.24) is 0 Å². The van der Waals surface area contributed by atoms with Gasteiger partial charge in [-0.3, -0.25) is 0 Å². The molecule has 32 heavy (non-hydrogen) atoms. The minimum absolute atomic E-state index is 0.0175. The smallest absolute Gasteiger partial charge is 0.0639 e. The van der Waals surface area contributed by atoms with E-state index in [1.807, 2.05) is 12.5 Å². The molecule has 0 bridgehead atoms. The van der Waals surface area contributed by atoms with Crippen LogP contribution in [0.5, 0.6) is 0 Å². The molecule has 4 aliphatic carbocycles. The third-order valence-corrected chi connectivity index (χ3v) is 11.9. The molecule has 0 aromatic rings. The van der Waals surface area contributed by atoms with Gasteiger partial charge < -0.3 is 10.2 Å². The normalized spacial score (nSPS) is 46.7. The Balaban J connectivity index is 1.59. The highest BCUT2D eigenvalue weighted by atomic mass is 16.3. The van der Waals surface area contributed by atoms with E-state index in [-0.39, 0.29) is 18.1 Å². The summed E-state index contributed by atoms with van der Waals surface area (Å²) < 4.78 is 0. The van der Waals surface area contributed by atoms with E-state index in [2.05, 4.69) is 53.7 Å². The number of hydrogen-bond acceptors (Lipinski definition) is 2. The molecule has 3 saturated carbocycles. The Hall–Kier alpha value is -0.600. The van der Waals surface area contributed by atoms with Crippen molar-refractivity contribution in [3.63, 3.8) is 0 Å². The molecule has 182 valence electrons. The van der Waals surface area contributed by atoms with Gasteiger partial charge in [-0.05, 0) is 110 Å². The van der Waals surface area contributed by atoms with Crippen molar-refractivity contribution >= 4 is 0 Å². The lowest BCUT2D eigenvalue weighted by Gasteiger charge is -2.64. The van der Waals surface area contributed by atoms with Gasteiger partial charge in [0.25, 0.3) is 0 Å². The summed E-state index contributed by atoms with van der Waals surface area (Å²) in [6.07, 6.45) is 15.8. The number of aliphatic hydroxyl groups excluding tert-OH is 2. The van der Waals surface area contributed by atoms with Crippen molar-refractivity contribution in [3.05, 3.63) is 23.3 Å². The van der Waals surface area contributed by atoms with E-state index in [0.29, 0.717) is 28.1 Å². The average molecular weight is 443 g/mol. The molecule has 0 amide bonds. The SMILES string of the molecule is C/C(=C/CC[C@H](C)[C@H]1CC[C@]2(C)C3=CC[C@H]4C(C)(C)[C@@H](O)CC[C@]4(C)[C@H]3CC[C@@]12C)CO. The maximum Gasteiger partial charge on any atom is 0.0639 e. The first-order valence-corrected chi connectivity index (χ1v) is 13.6. The quantitative estimate of drug-likeness (QED) is 0.438. The van der Waals surface area contributed by atoms with Crippen LogP contribution in [0.15, 0.2) is 23.3 Å². The maximum atomic E-state index is 10.8. The lowest BCUT2D eigenvalue weighted by atomic mass is 9.41. The van der Waals surface area contributed by atoms with Crippen molar-refractivity contribution in [3.8, 4) is 0 Å². The van der Waals surface area contributed by atoms with Crippen LogP contribution in [0.4, 0.5) is 0 Å². The topological polar surface area (TPSA) is 40.5 Å². The van der Waals surface area contributed by atoms with E-state index in [1.165, 1.54) is 38.5 Å². The molecular formula is C30H50O2. The Bertz CT molecular complexity index is 778. The van der Waals surface area contributed by atoms with Gasteiger partial charge in [-0.1, -0.05) is 64.8 Å². The summed E-state index contributed by atoms with van der Waals surface area (Å²) in [5, 5.41) is 20.1. The lowest BCUT2D eigenvalue weighted by Crippen LogP contribution is -2.58. The summed E-state index contributed by atoms with van der Waals surface area (Å²) in [5.41, 5.74) is 4.01. The number of rotatable bonds is 5. The Kier molecular flexibility index (Phi) is 6.33. The summed E-state index contributed by atoms with van der Waals surface area (Å²) in [7, 11) is 0. The zero-order chi connectivity index (χ0) is 23.5. The van der Waals surface area contributed by atoms with Crippen LogP contribution in [0.1, 0.15) is 106 Å². The maximum absolute atomic E-state index is 10.8. The zero-order valence-electron chi connectivity index (χ0n) is 22.0. The summed E-state index contributed by atoms with van der Waals surface area (Å²) in [6.45, 7) is 17.2. The van der Waals surface area contributed by atoms with E-state index in [4.69, 9.17) is 0 Å². The fourth-order valence-electron chi connectivity index (χ4n) is 9.51. The first-order chi connectivity index (χ1) is 14.9. The van der Waals surface area contributed by atoms with E-state index in [0.717, 1.165) is 36.7 Å². The molecule has 0 radical (unpaired) electrons. The van der Waals surface area contributed by atoms with Crippen molar-refractivity contribution in [2.24, 2.45) is 45.3 Å². The van der Waals surface area contributed by atoms with E-state index >= 15 is 0 Å². The lowest BCUT2D eigenvalue weighted by molar-refractivity contribution is -0.131. The number of hydrogen-bond donors (Lipinski definition) is 2. The second-order valence-electron chi connectivity index (χ2n) is 13.6. The number of fused-ring (bicyclic) bond motifs is 5. The minimum Gasteiger partial charge on any atom is -0.393 e. The van der Waals surface area contributed by atoms with Gasteiger partial charge in [0.2, 0.25) is 0 Å². The van der Waals surface area contributed by atoms with E-state index < -0.39 is 0 Å². The Labute approximate surface area is 198 Å². The number of allylic oxidation sites excluding steroid dienone is 3. The average Bonchev–Trinajstić information content (AvgIpc) is 3.02. The second kappa shape index (κ2) is 8.26. The monoisotopic (exact) mass is 442 g/mol. The number of aliphatic hydroxyl groups is 2. The Morgan fingerprint density at radius 1 is 1.09 bits per heavy atom. The van der Waals surface area contributed by atoms with Crippen molar-refractivity contribution in [2.75, 3.05) is 6.61 Å². The van der Waals surface area contributed by atoms with Crippen molar-refractivity contribution in [1.29, 1.82) is 0 Å². The highest BCUT2D eigenvalue weighted by Gasteiger charge is 2.65. The molecule has 4 aliphatic rings. The molecule has 0 saturated heterocycles. The highest BCUT2D eigenvalue weighted by molar-refractivity contribution is 5.33. The van der Waals surface area contributed by atoms with E-state index in [1.54, 1.807) is 0 Å². The zero-order valence-corrected chi connectivity index (χ0v) is 22.0. The molecule has 0 heterocycles. The van der Waals surface area contributed by atoms with Crippen molar-refractivity contribution in [2.45, 2.75) is 112 Å². The Morgan fingerprint density at radius 3 is 2.50 bits per heavy atom. The molecule has 8 atom stereocenters. The van der Waals surface area contributed by atoms with Crippen LogP contribution in [-0.2, 0) is 0 Å². The first-order valence-electron chi connectivity index (χ1n) is 13.6. The van der Waals surface area contributed by atoms with Gasteiger partial charge in [0.15, 0.2) is 0 Å². The predicted molar refractivity (Wildman–Crippen MR) is 134 cm³/mol. The van der Waals surface area contributed by atoms with Crippen LogP contribution in [0, 0.1) is 45.3 Å². The molecule has 2 heteroatoms. The summed E-state index contributed by atoms with van der Waals surface area (Å²) in [4.78, 5) is 0. The van der Waals surface area contributed by atoms with Crippen molar-refractivity contribution < 1.29 is 10.2 Å². The van der Waals surface area contributed by atoms with Crippen LogP contribution < -0.4 is 0 Å². The van der Waals surface area contributed by atoms with Crippen LogP contribution in [0.25, 0.3) is 0 Å². The largest absolute Gasteiger partial charge is 0.393 e. The summed E-state index contributed by atoms with van der Waals surface area (Å²) >= 11 is 0. The molecule has 2 N–H and O–H groups in total. The fraction of sp³-hybridized carbons (Fsp3) is 0.867. The fourth-order valence-corrected chi connectivity index (χ4v) is 9.51. The summed E-state index contributed by atoms with van der Waals surface area (Å²) in [5.74, 6) is 2.83. The molecule has 2 nitrogen and oxygen atoms in total. The predicted octanol–water partition coefficient (Wildman–Crippen LogP) is 7.31. The first kappa shape index (κ1) is 24.5. The second-order valence-corrected chi connectivity index (χ2v) is 13.6. The molecule has 0 aromatic heterocycles. The van der Waals surface area contributed by atoms with Crippen LogP contribution in [-0.4, -0.2) is 22.9 Å². The summed E-state index contributed by atoms with van der Waals surface area (Å²) in [6, 6.07) is 0. The third-order valence-electron chi connectivity index (χ3n) is 11.9. The highest BCUT2D eigenvalue weighted by Crippen LogP contribution is 2.73.